The molecule has 0 saturated heterocycles. The third-order valence-corrected chi connectivity index (χ3v) is 8.20. The Morgan fingerprint density at radius 2 is 1.97 bits per heavy atom. The second kappa shape index (κ2) is 13.3. The Hall–Kier alpha value is -2.39. The fraction of sp³-hybridized carbons (Fsp3) is 0.444. The Morgan fingerprint density at radius 1 is 1.31 bits per heavy atom. The van der Waals surface area contributed by atoms with Crippen LogP contribution in [0.2, 0.25) is 0 Å². The molecule has 1 aromatic carbocycles. The molecular formula is C27H33IN3O7S-. The smallest absolute Gasteiger partial charge is 0.314 e. The van der Waals surface area contributed by atoms with Crippen LogP contribution in [0.25, 0.3) is 22.4 Å². The van der Waals surface area contributed by atoms with Gasteiger partial charge in [-0.1, -0.05) is 29.8 Å². The molecule has 0 spiro atoms. The highest BCUT2D eigenvalue weighted by molar-refractivity contribution is 14.1. The van der Waals surface area contributed by atoms with Gasteiger partial charge in [0.25, 0.3) is 5.91 Å². The third-order valence-electron chi connectivity index (χ3n) is 6.53. The van der Waals surface area contributed by atoms with Crippen LogP contribution >= 0.6 is 22.6 Å². The first-order valence-electron chi connectivity index (χ1n) is 12.5. The topological polar surface area (TPSA) is 145 Å². The van der Waals surface area contributed by atoms with Crippen LogP contribution < -0.4 is 5.32 Å². The number of nitrogens with one attached hydrogen (secondary N) is 1. The number of aryl methyl sites for hydroxylation is 1. The molecule has 2 atom stereocenters. The number of nitrogens with zero attached hydrogens (tertiary/aromatic N) is 2. The van der Waals surface area contributed by atoms with Gasteiger partial charge in [-0.15, -0.1) is 0 Å². The first kappa shape index (κ1) is 31.1. The van der Waals surface area contributed by atoms with Crippen molar-refractivity contribution in [1.29, 1.82) is 0 Å². The molecule has 0 fully saturated rings. The van der Waals surface area contributed by atoms with Gasteiger partial charge in [-0.25, -0.2) is 9.29 Å². The molecule has 2 aromatic heterocycles. The highest BCUT2D eigenvalue weighted by Gasteiger charge is 2.37. The Kier molecular flexibility index (Phi) is 10.6. The average Bonchev–Trinajstić information content (AvgIpc) is 3.25. The van der Waals surface area contributed by atoms with Gasteiger partial charge in [-0.2, -0.15) is 0 Å². The summed E-state index contributed by atoms with van der Waals surface area (Å²) in [5.41, 5.74) is 1.72. The Labute approximate surface area is 244 Å². The average molecular weight is 671 g/mol. The molecule has 3 rings (SSSR count). The van der Waals surface area contributed by atoms with E-state index in [1.807, 2.05) is 31.2 Å². The van der Waals surface area contributed by atoms with Crippen molar-refractivity contribution in [1.82, 2.24) is 14.6 Å². The SMILES string of the molecule is CCOC(=O)C(C)(C)C(O)CCCN(Cc1nc2oc(-c3ccc(C)cc3)c(C(=O)NC)c2cc1I)S(=O)[O-]. The van der Waals surface area contributed by atoms with Crippen molar-refractivity contribution in [3.8, 4) is 11.3 Å². The minimum atomic E-state index is -2.56. The lowest BCUT2D eigenvalue weighted by Gasteiger charge is -2.29. The van der Waals surface area contributed by atoms with E-state index in [0.717, 1.165) is 11.1 Å². The molecule has 3 aromatic rings. The Morgan fingerprint density at radius 3 is 2.56 bits per heavy atom. The second-order valence-corrected chi connectivity index (χ2v) is 11.8. The van der Waals surface area contributed by atoms with Gasteiger partial charge in [-0.05, 0) is 69.2 Å². The fourth-order valence-corrected chi connectivity index (χ4v) is 5.16. The van der Waals surface area contributed by atoms with Crippen molar-refractivity contribution in [3.05, 3.63) is 50.7 Å². The van der Waals surface area contributed by atoms with Crippen LogP contribution in [0.15, 0.2) is 34.7 Å². The zero-order valence-electron chi connectivity index (χ0n) is 22.6. The van der Waals surface area contributed by atoms with Crippen LogP contribution in [0.4, 0.5) is 0 Å². The van der Waals surface area contributed by atoms with Gasteiger partial charge in [0.2, 0.25) is 5.71 Å². The van der Waals surface area contributed by atoms with E-state index in [2.05, 4.69) is 32.9 Å². The van der Waals surface area contributed by atoms with Crippen LogP contribution in [0, 0.1) is 15.9 Å². The quantitative estimate of drug-likeness (QED) is 0.167. The lowest BCUT2D eigenvalue weighted by molar-refractivity contribution is -0.160. The summed E-state index contributed by atoms with van der Waals surface area (Å²) in [4.78, 5) is 29.5. The maximum Gasteiger partial charge on any atom is 0.314 e. The molecule has 0 bridgehead atoms. The first-order chi connectivity index (χ1) is 18.4. The van der Waals surface area contributed by atoms with E-state index in [9.17, 15) is 23.5 Å². The van der Waals surface area contributed by atoms with Crippen LogP contribution in [-0.2, 0) is 27.3 Å². The number of aliphatic hydroxyl groups excluding tert-OH is 1. The predicted molar refractivity (Wildman–Crippen MR) is 155 cm³/mol. The molecule has 1 amide bonds. The number of aromatic nitrogens is 1. The van der Waals surface area contributed by atoms with Gasteiger partial charge < -0.3 is 24.1 Å². The number of benzene rings is 1. The number of hydrogen-bond donors (Lipinski definition) is 2. The zero-order chi connectivity index (χ0) is 28.9. The van der Waals surface area contributed by atoms with Crippen molar-refractivity contribution in [2.75, 3.05) is 20.2 Å². The molecule has 0 saturated carbocycles. The number of esters is 1. The maximum atomic E-state index is 12.8. The largest absolute Gasteiger partial charge is 0.760 e. The van der Waals surface area contributed by atoms with Gasteiger partial charge in [0.1, 0.15) is 5.76 Å². The number of aliphatic hydroxyl groups is 1. The number of fused-ring (bicyclic) bond motifs is 1. The normalized spacial score (nSPS) is 13.5. The number of hydrogen-bond acceptors (Lipinski definition) is 8. The Balaban J connectivity index is 1.84. The molecule has 0 radical (unpaired) electrons. The number of rotatable bonds is 12. The van der Waals surface area contributed by atoms with Crippen molar-refractivity contribution >= 4 is 56.8 Å². The first-order valence-corrected chi connectivity index (χ1v) is 14.6. The number of carbonyl (C=O) groups is 2. The molecule has 12 heteroatoms. The summed E-state index contributed by atoms with van der Waals surface area (Å²) < 4.78 is 37.0. The highest BCUT2D eigenvalue weighted by Crippen LogP contribution is 2.35. The summed E-state index contributed by atoms with van der Waals surface area (Å²) in [6.45, 7) is 7.15. The minimum Gasteiger partial charge on any atom is -0.760 e. The maximum absolute atomic E-state index is 12.8. The summed E-state index contributed by atoms with van der Waals surface area (Å²) in [7, 11) is 1.54. The van der Waals surface area contributed by atoms with Crippen molar-refractivity contribution in [2.24, 2.45) is 5.41 Å². The number of amides is 1. The monoisotopic (exact) mass is 670 g/mol. The molecule has 10 nitrogen and oxygen atoms in total. The lowest BCUT2D eigenvalue weighted by atomic mass is 9.84. The van der Waals surface area contributed by atoms with E-state index in [4.69, 9.17) is 9.15 Å². The summed E-state index contributed by atoms with van der Waals surface area (Å²) >= 11 is -0.497. The summed E-state index contributed by atoms with van der Waals surface area (Å²) in [6.07, 6.45) is -0.480. The van der Waals surface area contributed by atoms with Gasteiger partial charge in [0.05, 0.1) is 41.3 Å². The van der Waals surface area contributed by atoms with E-state index in [1.54, 1.807) is 33.9 Å². The zero-order valence-corrected chi connectivity index (χ0v) is 25.6. The number of carbonyl (C=O) groups excluding carboxylic acids is 2. The fourth-order valence-electron chi connectivity index (χ4n) is 4.05. The van der Waals surface area contributed by atoms with E-state index < -0.39 is 28.8 Å². The van der Waals surface area contributed by atoms with Crippen LogP contribution in [-0.4, -0.2) is 61.3 Å². The summed E-state index contributed by atoms with van der Waals surface area (Å²) in [5.74, 6) is -0.443. The number of halogens is 1. The third kappa shape index (κ3) is 7.23. The number of pyridine rings is 1. The molecule has 2 heterocycles. The summed E-state index contributed by atoms with van der Waals surface area (Å²) in [6, 6.07) is 9.34. The van der Waals surface area contributed by atoms with Gasteiger partial charge in [0.15, 0.2) is 0 Å². The molecule has 39 heavy (non-hydrogen) atoms. The highest BCUT2D eigenvalue weighted by atomic mass is 127. The van der Waals surface area contributed by atoms with Crippen LogP contribution in [0.3, 0.4) is 0 Å². The minimum absolute atomic E-state index is 0.0302. The number of ether oxygens (including phenoxy) is 1. The standard InChI is InChI=1S/C27H34IN3O7S/c1-6-37-26(34)27(3,4)21(32)8-7-13-31(39(35)36)15-20-19(28)14-18-22(24(33)29-5)23(38-25(18)30-20)17-11-9-16(2)10-12-17/h9-12,14,21,32H,6-8,13,15H2,1-5H3,(H,29,33)(H,35,36)/p-1. The molecule has 212 valence electrons. The van der Waals surface area contributed by atoms with Crippen LogP contribution in [0.5, 0.6) is 0 Å². The number of furan rings is 1. The van der Waals surface area contributed by atoms with Crippen molar-refractivity contribution < 1.29 is 32.6 Å². The molecule has 2 unspecified atom stereocenters. The van der Waals surface area contributed by atoms with E-state index in [-0.39, 0.29) is 37.7 Å². The van der Waals surface area contributed by atoms with Gasteiger partial charge in [0, 0.05) is 34.0 Å². The van der Waals surface area contributed by atoms with Gasteiger partial charge in [-0.3, -0.25) is 13.8 Å². The molecule has 2 N–H and O–H groups in total. The molecule has 0 aliphatic carbocycles. The van der Waals surface area contributed by atoms with E-state index >= 15 is 0 Å². The van der Waals surface area contributed by atoms with Gasteiger partial charge >= 0.3 is 5.97 Å². The van der Waals surface area contributed by atoms with Crippen LogP contribution in [0.1, 0.15) is 55.2 Å². The molecule has 0 aliphatic heterocycles. The van der Waals surface area contributed by atoms with Crippen molar-refractivity contribution in [3.63, 3.8) is 0 Å². The Bertz CT molecular complexity index is 1360. The second-order valence-electron chi connectivity index (χ2n) is 9.70. The molecular weight excluding hydrogens is 637 g/mol. The van der Waals surface area contributed by atoms with E-state index in [0.29, 0.717) is 32.4 Å². The predicted octanol–water partition coefficient (Wildman–Crippen LogP) is 4.09. The molecule has 0 aliphatic rings. The van der Waals surface area contributed by atoms with E-state index in [1.165, 1.54) is 4.31 Å². The summed E-state index contributed by atoms with van der Waals surface area (Å²) in [5, 5.41) is 13.7. The lowest BCUT2D eigenvalue weighted by Crippen LogP contribution is -2.39. The van der Waals surface area contributed by atoms with Crippen molar-refractivity contribution in [2.45, 2.75) is 53.2 Å².